The van der Waals surface area contributed by atoms with Gasteiger partial charge in [-0.2, -0.15) is 0 Å². The van der Waals surface area contributed by atoms with E-state index in [-0.39, 0.29) is 40.6 Å². The molecule has 0 unspecified atom stereocenters. The monoisotopic (exact) mass is 132 g/mol. The van der Waals surface area contributed by atoms with E-state index in [1.807, 2.05) is 0 Å². The van der Waals surface area contributed by atoms with E-state index in [9.17, 15) is 0 Å². The zero-order valence-electron chi connectivity index (χ0n) is 4.94. The van der Waals surface area contributed by atoms with Gasteiger partial charge in [-0.05, 0) is 0 Å². The van der Waals surface area contributed by atoms with E-state index in [2.05, 4.69) is 0 Å². The van der Waals surface area contributed by atoms with E-state index in [1.54, 1.807) is 0 Å². The zero-order valence-corrected chi connectivity index (χ0v) is 7.97. The summed E-state index contributed by atoms with van der Waals surface area (Å²) in [5.41, 5.74) is 0. The summed E-state index contributed by atoms with van der Waals surface area (Å²) in [6.45, 7) is 0. The fourth-order valence-electron chi connectivity index (χ4n) is 0. The number of hydrogen-bond donors (Lipinski definition) is 0. The normalized spacial score (nSPS) is 1.40. The Bertz CT molecular complexity index is 17.7. The Balaban J connectivity index is -0.00000000267. The fourth-order valence-corrected chi connectivity index (χ4v) is 0. The first kappa shape index (κ1) is 16.0. The summed E-state index contributed by atoms with van der Waals surface area (Å²) < 4.78 is 16.6. The molecule has 0 aliphatic carbocycles. The first-order valence-corrected chi connectivity index (χ1v) is 1.73. The van der Waals surface area contributed by atoms with Crippen LogP contribution < -0.4 is 0 Å². The summed E-state index contributed by atoms with van der Waals surface area (Å²) in [6, 6.07) is 0. The SMILES string of the molecule is O=[SiH2].[Ca+2].[H-].[H-].[O]=[AlH]. The molecule has 0 heterocycles. The number of rotatable bonds is 0. The average molecular weight is 132 g/mol. The summed E-state index contributed by atoms with van der Waals surface area (Å²) >= 11 is 0.611. The van der Waals surface area contributed by atoms with Crippen molar-refractivity contribution in [3.8, 4) is 0 Å². The van der Waals surface area contributed by atoms with Gasteiger partial charge in [-0.3, -0.25) is 0 Å². The van der Waals surface area contributed by atoms with Crippen LogP contribution in [-0.4, -0.2) is 64.1 Å². The second kappa shape index (κ2) is 46.0. The van der Waals surface area contributed by atoms with Gasteiger partial charge < -0.3 is 7.32 Å². The van der Waals surface area contributed by atoms with Crippen LogP contribution in [0.4, 0.5) is 0 Å². The quantitative estimate of drug-likeness (QED) is 0.359. The Morgan fingerprint density at radius 1 is 1.40 bits per heavy atom. The molecule has 0 aromatic rings. The number of hydrogen-bond acceptors (Lipinski definition) is 2. The van der Waals surface area contributed by atoms with Crippen LogP contribution in [0.1, 0.15) is 2.85 Å². The van der Waals surface area contributed by atoms with E-state index in [1.165, 1.54) is 0 Å². The third-order valence-corrected chi connectivity index (χ3v) is 0. The molecule has 0 fully saturated rings. The van der Waals surface area contributed by atoms with Crippen molar-refractivity contribution in [2.24, 2.45) is 0 Å². The van der Waals surface area contributed by atoms with E-state index >= 15 is 0 Å². The van der Waals surface area contributed by atoms with Gasteiger partial charge in [0.05, 0.1) is 0 Å². The third kappa shape index (κ3) is 28.2. The van der Waals surface area contributed by atoms with Crippen LogP contribution in [0, 0.1) is 0 Å². The van der Waals surface area contributed by atoms with Crippen LogP contribution in [0.2, 0.25) is 0 Å². The second-order valence-electron chi connectivity index (χ2n) is 0. The van der Waals surface area contributed by atoms with Gasteiger partial charge in [-0.15, -0.1) is 0 Å². The molecule has 26 valence electrons. The molecule has 0 aliphatic heterocycles. The summed E-state index contributed by atoms with van der Waals surface area (Å²) in [4.78, 5) is 0. The van der Waals surface area contributed by atoms with Crippen LogP contribution in [0.5, 0.6) is 0 Å². The summed E-state index contributed by atoms with van der Waals surface area (Å²) in [6.07, 6.45) is 0. The minimum absolute atomic E-state index is 0. The third-order valence-electron chi connectivity index (χ3n) is 0. The Morgan fingerprint density at radius 3 is 1.40 bits per heavy atom. The van der Waals surface area contributed by atoms with Crippen molar-refractivity contribution in [1.82, 2.24) is 0 Å². The maximum atomic E-state index is 8.28. The van der Waals surface area contributed by atoms with Gasteiger partial charge in [0.15, 0.2) is 0 Å². The molecule has 0 radical (unpaired) electrons. The molecule has 0 aromatic carbocycles. The van der Waals surface area contributed by atoms with Crippen molar-refractivity contribution < 1.29 is 11.1 Å². The Morgan fingerprint density at radius 2 is 1.40 bits per heavy atom. The standard InChI is InChI=1S/Al.Ca.H2OSi.O.3H/c;;1-2;;;;/h;;2H2;;;;/q;+2;;;;2*-1. The molecule has 0 saturated heterocycles. The van der Waals surface area contributed by atoms with Crippen LogP contribution in [0.3, 0.4) is 0 Å². The van der Waals surface area contributed by atoms with Gasteiger partial charge in [-0.25, -0.2) is 0 Å². The van der Waals surface area contributed by atoms with Gasteiger partial charge in [0.1, 0.15) is 0 Å². The first-order chi connectivity index (χ1) is 2.00. The van der Waals surface area contributed by atoms with E-state index in [0.717, 1.165) is 0 Å². The zero-order chi connectivity index (χ0) is 4.00. The molecule has 0 saturated carbocycles. The summed E-state index contributed by atoms with van der Waals surface area (Å²) in [7, 11) is 0.611. The van der Waals surface area contributed by atoms with E-state index in [4.69, 9.17) is 8.27 Å². The van der Waals surface area contributed by atoms with Crippen LogP contribution in [0.15, 0.2) is 0 Å². The molecular formula is H5AlCaO2Si. The molecule has 5 heavy (non-hydrogen) atoms. The first-order valence-electron chi connectivity index (χ1n) is 0.577. The molecule has 0 bridgehead atoms. The van der Waals surface area contributed by atoms with Crippen LogP contribution in [-0.2, 0) is 8.27 Å². The molecule has 0 aliphatic rings. The molecule has 0 atom stereocenters. The summed E-state index contributed by atoms with van der Waals surface area (Å²) in [5, 5.41) is 0. The van der Waals surface area contributed by atoms with Crippen molar-refractivity contribution in [2.75, 3.05) is 0 Å². The van der Waals surface area contributed by atoms with Crippen molar-refractivity contribution in [3.05, 3.63) is 0 Å². The van der Waals surface area contributed by atoms with Crippen LogP contribution in [0.25, 0.3) is 0 Å². The molecule has 0 aromatic heterocycles. The van der Waals surface area contributed by atoms with Gasteiger partial charge in [0, 0.05) is 0 Å². The average Bonchev–Trinajstić information content (AvgIpc) is 1.50. The predicted octanol–water partition coefficient (Wildman–Crippen LogP) is -1.96. The van der Waals surface area contributed by atoms with Gasteiger partial charge in [-0.1, -0.05) is 0 Å². The van der Waals surface area contributed by atoms with E-state index in [0.29, 0.717) is 26.4 Å². The predicted molar refractivity (Wildman–Crippen MR) is 25.0 cm³/mol. The minimum atomic E-state index is 0. The van der Waals surface area contributed by atoms with Crippen molar-refractivity contribution in [3.63, 3.8) is 0 Å². The van der Waals surface area contributed by atoms with Crippen molar-refractivity contribution in [2.45, 2.75) is 0 Å². The van der Waals surface area contributed by atoms with E-state index < -0.39 is 0 Å². The molecule has 0 spiro atoms. The van der Waals surface area contributed by atoms with Crippen molar-refractivity contribution >= 4 is 64.1 Å². The summed E-state index contributed by atoms with van der Waals surface area (Å²) in [5.74, 6) is 0. The van der Waals surface area contributed by atoms with Crippen molar-refractivity contribution in [1.29, 1.82) is 0 Å². The molecule has 0 N–H and O–H groups in total. The molecule has 5 heteroatoms. The molecule has 2 nitrogen and oxygen atoms in total. The molecule has 0 amide bonds. The Kier molecular flexibility index (Phi) is 147. The Labute approximate surface area is 74.4 Å². The second-order valence-corrected chi connectivity index (χ2v) is 0. The topological polar surface area (TPSA) is 34.1 Å². The molecular weight excluding hydrogens is 127 g/mol. The Hall–Kier alpha value is 1.61. The van der Waals surface area contributed by atoms with Gasteiger partial charge in [0.2, 0.25) is 10.1 Å². The fraction of sp³-hybridized carbons (Fsp3) is 0. The van der Waals surface area contributed by atoms with Gasteiger partial charge in [0.25, 0.3) is 0 Å². The van der Waals surface area contributed by atoms with Crippen LogP contribution >= 0.6 is 0 Å². The molecule has 0 rings (SSSR count). The maximum absolute atomic E-state index is 8.28. The van der Waals surface area contributed by atoms with Gasteiger partial charge >= 0.3 is 57.8 Å².